The van der Waals surface area contributed by atoms with E-state index in [2.05, 4.69) is 5.32 Å². The predicted octanol–water partition coefficient (Wildman–Crippen LogP) is 4.34. The first-order chi connectivity index (χ1) is 13.0. The van der Waals surface area contributed by atoms with Gasteiger partial charge in [-0.2, -0.15) is 0 Å². The molecule has 0 spiro atoms. The topological polar surface area (TPSA) is 108 Å². The Morgan fingerprint density at radius 1 is 1.15 bits per heavy atom. The van der Waals surface area contributed by atoms with Gasteiger partial charge in [0.05, 0.1) is 34.2 Å². The summed E-state index contributed by atoms with van der Waals surface area (Å²) in [5, 5.41) is 26.1. The van der Waals surface area contributed by atoms with E-state index in [9.17, 15) is 20.2 Å². The lowest BCUT2D eigenvalue weighted by Gasteiger charge is -2.37. The summed E-state index contributed by atoms with van der Waals surface area (Å²) in [7, 11) is 1.52. The Bertz CT molecular complexity index is 972. The number of benzene rings is 2. The number of nitrogens with one attached hydrogen (secondary N) is 1. The van der Waals surface area contributed by atoms with E-state index in [4.69, 9.17) is 4.74 Å². The fourth-order valence-corrected chi connectivity index (χ4v) is 4.15. The van der Waals surface area contributed by atoms with Gasteiger partial charge >= 0.3 is 0 Å². The Kier molecular flexibility index (Phi) is 4.02. The summed E-state index contributed by atoms with van der Waals surface area (Å²) in [5.74, 6) is 0.399. The molecule has 0 saturated heterocycles. The first kappa shape index (κ1) is 17.0. The summed E-state index contributed by atoms with van der Waals surface area (Å²) >= 11 is 0. The molecule has 0 saturated carbocycles. The molecular weight excluding hydrogens is 350 g/mol. The van der Waals surface area contributed by atoms with Crippen LogP contribution in [0.1, 0.15) is 29.5 Å². The van der Waals surface area contributed by atoms with Crippen molar-refractivity contribution in [3.8, 4) is 5.75 Å². The average Bonchev–Trinajstić information content (AvgIpc) is 3.16. The van der Waals surface area contributed by atoms with Crippen molar-refractivity contribution in [3.63, 3.8) is 0 Å². The quantitative estimate of drug-likeness (QED) is 0.489. The third kappa shape index (κ3) is 2.69. The first-order valence-corrected chi connectivity index (χ1v) is 8.54. The zero-order chi connectivity index (χ0) is 19.1. The van der Waals surface area contributed by atoms with E-state index in [1.807, 2.05) is 18.2 Å². The van der Waals surface area contributed by atoms with Crippen molar-refractivity contribution in [2.75, 3.05) is 12.4 Å². The summed E-state index contributed by atoms with van der Waals surface area (Å²) in [5.41, 5.74) is 2.05. The van der Waals surface area contributed by atoms with Gasteiger partial charge in [0.15, 0.2) is 0 Å². The van der Waals surface area contributed by atoms with Crippen LogP contribution in [0.4, 0.5) is 17.1 Å². The molecule has 2 aromatic rings. The molecule has 2 aromatic carbocycles. The molecule has 8 nitrogen and oxygen atoms in total. The molecule has 138 valence electrons. The minimum atomic E-state index is -0.421. The summed E-state index contributed by atoms with van der Waals surface area (Å²) < 4.78 is 5.42. The zero-order valence-electron chi connectivity index (χ0n) is 14.5. The van der Waals surface area contributed by atoms with E-state index in [0.29, 0.717) is 17.0 Å². The van der Waals surface area contributed by atoms with Crippen molar-refractivity contribution in [2.24, 2.45) is 5.92 Å². The van der Waals surface area contributed by atoms with Crippen molar-refractivity contribution in [3.05, 3.63) is 79.9 Å². The Balaban J connectivity index is 1.87. The molecule has 0 fully saturated rings. The first-order valence-electron chi connectivity index (χ1n) is 8.54. The number of nitrogens with zero attached hydrogens (tertiary/aromatic N) is 2. The van der Waals surface area contributed by atoms with Crippen LogP contribution >= 0.6 is 0 Å². The fourth-order valence-electron chi connectivity index (χ4n) is 4.15. The number of rotatable bonds is 4. The van der Waals surface area contributed by atoms with Crippen LogP contribution in [-0.2, 0) is 0 Å². The van der Waals surface area contributed by atoms with Crippen LogP contribution in [0.25, 0.3) is 0 Å². The maximum atomic E-state index is 11.6. The van der Waals surface area contributed by atoms with E-state index < -0.39 is 4.92 Å². The molecule has 1 heterocycles. The van der Waals surface area contributed by atoms with Gasteiger partial charge in [-0.1, -0.05) is 24.3 Å². The molecule has 27 heavy (non-hydrogen) atoms. The van der Waals surface area contributed by atoms with Gasteiger partial charge in [0.1, 0.15) is 5.75 Å². The Labute approximate surface area is 154 Å². The van der Waals surface area contributed by atoms with E-state index >= 15 is 0 Å². The number of anilines is 1. The normalized spacial score (nSPS) is 22.5. The number of ether oxygens (including phenoxy) is 1. The smallest absolute Gasteiger partial charge is 0.275 e. The molecule has 0 amide bonds. The summed E-state index contributed by atoms with van der Waals surface area (Å²) in [6.45, 7) is 0. The van der Waals surface area contributed by atoms with E-state index in [-0.39, 0.29) is 34.2 Å². The highest BCUT2D eigenvalue weighted by Gasteiger charge is 2.43. The lowest BCUT2D eigenvalue weighted by atomic mass is 9.76. The summed E-state index contributed by atoms with van der Waals surface area (Å²) in [4.78, 5) is 21.9. The number of nitro benzene ring substituents is 2. The van der Waals surface area contributed by atoms with Crippen molar-refractivity contribution in [1.29, 1.82) is 0 Å². The molecule has 8 heteroatoms. The number of hydrogen-bond donors (Lipinski definition) is 1. The number of hydrogen-bond acceptors (Lipinski definition) is 6. The minimum absolute atomic E-state index is 0.0219. The SMILES string of the molecule is COc1ccc([N+](=O)[O-])c2c1N[C@H](c1cccc([N+](=O)[O-])c1)[C@H]1CC=C[C@@H]21. The largest absolute Gasteiger partial charge is 0.495 e. The van der Waals surface area contributed by atoms with E-state index in [0.717, 1.165) is 12.0 Å². The molecule has 2 aliphatic rings. The highest BCUT2D eigenvalue weighted by Crippen LogP contribution is 2.55. The predicted molar refractivity (Wildman–Crippen MR) is 99.1 cm³/mol. The van der Waals surface area contributed by atoms with Gasteiger partial charge in [-0.3, -0.25) is 20.2 Å². The van der Waals surface area contributed by atoms with Crippen LogP contribution in [0.3, 0.4) is 0 Å². The third-order valence-corrected chi connectivity index (χ3v) is 5.32. The number of non-ortho nitro benzene ring substituents is 1. The van der Waals surface area contributed by atoms with Crippen molar-refractivity contribution in [2.45, 2.75) is 18.4 Å². The van der Waals surface area contributed by atoms with E-state index in [1.165, 1.54) is 19.2 Å². The Morgan fingerprint density at radius 3 is 2.67 bits per heavy atom. The molecule has 3 atom stereocenters. The molecular formula is C19H17N3O5. The van der Waals surface area contributed by atoms with Gasteiger partial charge in [-0.05, 0) is 24.0 Å². The minimum Gasteiger partial charge on any atom is -0.495 e. The Morgan fingerprint density at radius 2 is 1.96 bits per heavy atom. The van der Waals surface area contributed by atoms with Gasteiger partial charge in [0, 0.05) is 24.1 Å². The summed E-state index contributed by atoms with van der Waals surface area (Å²) in [6.07, 6.45) is 4.74. The number of allylic oxidation sites excluding steroid dienone is 2. The van der Waals surface area contributed by atoms with Crippen LogP contribution in [0.2, 0.25) is 0 Å². The Hall–Kier alpha value is -3.42. The highest BCUT2D eigenvalue weighted by molar-refractivity contribution is 5.73. The zero-order valence-corrected chi connectivity index (χ0v) is 14.5. The van der Waals surface area contributed by atoms with Crippen LogP contribution in [-0.4, -0.2) is 17.0 Å². The highest BCUT2D eigenvalue weighted by atomic mass is 16.6. The third-order valence-electron chi connectivity index (χ3n) is 5.32. The second-order valence-corrected chi connectivity index (χ2v) is 6.66. The van der Waals surface area contributed by atoms with Gasteiger partial charge in [0.25, 0.3) is 11.4 Å². The second kappa shape index (κ2) is 6.39. The van der Waals surface area contributed by atoms with E-state index in [1.54, 1.807) is 18.2 Å². The lowest BCUT2D eigenvalue weighted by Crippen LogP contribution is -2.30. The average molecular weight is 367 g/mol. The number of fused-ring (bicyclic) bond motifs is 3. The maximum absolute atomic E-state index is 11.6. The number of methoxy groups -OCH3 is 1. The lowest BCUT2D eigenvalue weighted by molar-refractivity contribution is -0.385. The van der Waals surface area contributed by atoms with Crippen LogP contribution < -0.4 is 10.1 Å². The van der Waals surface area contributed by atoms with Crippen molar-refractivity contribution < 1.29 is 14.6 Å². The van der Waals surface area contributed by atoms with Crippen molar-refractivity contribution in [1.82, 2.24) is 0 Å². The van der Waals surface area contributed by atoms with Gasteiger partial charge in [-0.25, -0.2) is 0 Å². The monoisotopic (exact) mass is 367 g/mol. The molecule has 0 aromatic heterocycles. The van der Waals surface area contributed by atoms with Crippen LogP contribution in [0, 0.1) is 26.1 Å². The van der Waals surface area contributed by atoms with Gasteiger partial charge in [0.2, 0.25) is 0 Å². The van der Waals surface area contributed by atoms with Crippen molar-refractivity contribution >= 4 is 17.1 Å². The van der Waals surface area contributed by atoms with Crippen LogP contribution in [0.5, 0.6) is 5.75 Å². The van der Waals surface area contributed by atoms with Gasteiger partial charge in [-0.15, -0.1) is 0 Å². The molecule has 0 unspecified atom stereocenters. The standard InChI is InChI=1S/C19H17N3O5/c1-27-16-9-8-15(22(25)26)17-13-6-3-7-14(13)18(20-19(16)17)11-4-2-5-12(10-11)21(23)24/h2-6,8-10,13-14,18,20H,7H2,1H3/t13-,14+,18-/m1/s1. The maximum Gasteiger partial charge on any atom is 0.275 e. The molecule has 4 rings (SSSR count). The molecule has 1 aliphatic carbocycles. The fraction of sp³-hybridized carbons (Fsp3) is 0.263. The molecule has 0 bridgehead atoms. The van der Waals surface area contributed by atoms with Crippen LogP contribution in [0.15, 0.2) is 48.6 Å². The molecule has 1 N–H and O–H groups in total. The second-order valence-electron chi connectivity index (χ2n) is 6.66. The molecule has 0 radical (unpaired) electrons. The molecule has 1 aliphatic heterocycles. The number of nitro groups is 2. The van der Waals surface area contributed by atoms with Gasteiger partial charge < -0.3 is 10.1 Å². The summed E-state index contributed by atoms with van der Waals surface area (Å²) in [6, 6.07) is 9.34.